The minimum Gasteiger partial charge on any atom is -0.252 e. The lowest BCUT2D eigenvalue weighted by molar-refractivity contribution is -0.0923. The lowest BCUT2D eigenvalue weighted by Crippen LogP contribution is -2.10. The van der Waals surface area contributed by atoms with E-state index < -0.39 is 11.9 Å². The Balaban J connectivity index is 4.79. The minimum absolute atomic E-state index is 0.171. The van der Waals surface area contributed by atoms with E-state index in [1.54, 1.807) is 13.0 Å². The van der Waals surface area contributed by atoms with Gasteiger partial charge in [0.2, 0.25) is 0 Å². The van der Waals surface area contributed by atoms with E-state index in [-0.39, 0.29) is 5.92 Å². The predicted molar refractivity (Wildman–Crippen MR) is 56.9 cm³/mol. The highest BCUT2D eigenvalue weighted by atomic mass is 19.4. The average Bonchev–Trinajstić information content (AvgIpc) is 2.09. The maximum absolute atomic E-state index is 12.3. The first kappa shape index (κ1) is 13.9. The summed E-state index contributed by atoms with van der Waals surface area (Å²) < 4.78 is 36.8. The van der Waals surface area contributed by atoms with Crippen LogP contribution in [0.15, 0.2) is 28.4 Å². The number of halogens is 3. The van der Waals surface area contributed by atoms with Gasteiger partial charge in [0.25, 0.3) is 0 Å². The smallest absolute Gasteiger partial charge is 0.252 e. The lowest BCUT2D eigenvalue weighted by Gasteiger charge is -2.08. The molecule has 0 radical (unpaired) electrons. The van der Waals surface area contributed by atoms with Crippen molar-refractivity contribution in [2.24, 2.45) is 10.9 Å². The van der Waals surface area contributed by atoms with Crippen molar-refractivity contribution in [2.75, 3.05) is 0 Å². The molecule has 0 spiro atoms. The van der Waals surface area contributed by atoms with E-state index in [1.165, 1.54) is 13.1 Å². The van der Waals surface area contributed by atoms with Crippen molar-refractivity contribution >= 4 is 6.21 Å². The van der Waals surface area contributed by atoms with Crippen molar-refractivity contribution in [3.8, 4) is 0 Å². The molecule has 0 amide bonds. The first-order valence-corrected chi connectivity index (χ1v) is 4.76. The molecule has 0 N–H and O–H groups in total. The summed E-state index contributed by atoms with van der Waals surface area (Å²) in [5.74, 6) is 0.171. The van der Waals surface area contributed by atoms with E-state index in [0.717, 1.165) is 11.6 Å². The molecule has 0 fully saturated rings. The molecule has 1 nitrogen and oxygen atoms in total. The van der Waals surface area contributed by atoms with Crippen molar-refractivity contribution in [1.82, 2.24) is 0 Å². The molecule has 0 saturated carbocycles. The Bertz CT molecular complexity index is 283. The third-order valence-electron chi connectivity index (χ3n) is 1.92. The molecular formula is C11H16F3N. The molecule has 0 aliphatic heterocycles. The van der Waals surface area contributed by atoms with Gasteiger partial charge >= 0.3 is 6.18 Å². The summed E-state index contributed by atoms with van der Waals surface area (Å²) in [5.41, 5.74) is -0.0684. The average molecular weight is 219 g/mol. The van der Waals surface area contributed by atoms with Crippen molar-refractivity contribution in [2.45, 2.75) is 33.9 Å². The fourth-order valence-electron chi connectivity index (χ4n) is 1.01. The summed E-state index contributed by atoms with van der Waals surface area (Å²) in [7, 11) is 0. The quantitative estimate of drug-likeness (QED) is 0.633. The highest BCUT2D eigenvalue weighted by Gasteiger charge is 2.32. The largest absolute Gasteiger partial charge is 0.433 e. The molecule has 15 heavy (non-hydrogen) atoms. The van der Waals surface area contributed by atoms with E-state index >= 15 is 0 Å². The zero-order chi connectivity index (χ0) is 12.1. The van der Waals surface area contributed by atoms with Crippen LogP contribution in [-0.2, 0) is 0 Å². The maximum Gasteiger partial charge on any atom is 0.433 e. The molecule has 0 heterocycles. The fourth-order valence-corrected chi connectivity index (χ4v) is 1.01. The van der Waals surface area contributed by atoms with Crippen LogP contribution in [0.4, 0.5) is 13.2 Å². The Kier molecular flexibility index (Phi) is 5.33. The molecule has 0 aromatic carbocycles. The molecule has 0 saturated heterocycles. The molecule has 86 valence electrons. The number of aliphatic imine (C=N–C) groups is 1. The summed E-state index contributed by atoms with van der Waals surface area (Å²) in [5, 5.41) is 0. The van der Waals surface area contributed by atoms with E-state index in [2.05, 4.69) is 4.99 Å². The molecule has 0 atom stereocenters. The molecule has 0 aliphatic carbocycles. The molecule has 0 aromatic heterocycles. The molecular weight excluding hydrogens is 203 g/mol. The Morgan fingerprint density at radius 2 is 1.67 bits per heavy atom. The Morgan fingerprint density at radius 1 is 1.13 bits per heavy atom. The van der Waals surface area contributed by atoms with Gasteiger partial charge in [0.1, 0.15) is 5.70 Å². The highest BCUT2D eigenvalue weighted by Crippen LogP contribution is 2.26. The third kappa shape index (κ3) is 4.81. The van der Waals surface area contributed by atoms with Gasteiger partial charge in [-0.25, -0.2) is 0 Å². The summed E-state index contributed by atoms with van der Waals surface area (Å²) in [6.07, 6.45) is -0.378. The zero-order valence-corrected chi connectivity index (χ0v) is 9.39. The fraction of sp³-hybridized carbons (Fsp3) is 0.545. The van der Waals surface area contributed by atoms with Crippen LogP contribution in [0.5, 0.6) is 0 Å². The highest BCUT2D eigenvalue weighted by molar-refractivity contribution is 5.79. The second-order valence-electron chi connectivity index (χ2n) is 3.37. The number of allylic oxidation sites excluding steroid dienone is 4. The predicted octanol–water partition coefficient (Wildman–Crippen LogP) is 4.13. The van der Waals surface area contributed by atoms with E-state index in [4.69, 9.17) is 0 Å². The van der Waals surface area contributed by atoms with Crippen LogP contribution in [0.2, 0.25) is 0 Å². The van der Waals surface area contributed by atoms with E-state index in [1.807, 2.05) is 13.8 Å². The van der Waals surface area contributed by atoms with Gasteiger partial charge in [0.15, 0.2) is 0 Å². The zero-order valence-electron chi connectivity index (χ0n) is 9.39. The van der Waals surface area contributed by atoms with Crippen LogP contribution in [0.25, 0.3) is 0 Å². The number of hydrogen-bond donors (Lipinski definition) is 0. The van der Waals surface area contributed by atoms with Crippen molar-refractivity contribution in [3.05, 3.63) is 23.4 Å². The van der Waals surface area contributed by atoms with Crippen LogP contribution in [0, 0.1) is 5.92 Å². The lowest BCUT2D eigenvalue weighted by atomic mass is 10.0. The van der Waals surface area contributed by atoms with Crippen LogP contribution < -0.4 is 0 Å². The van der Waals surface area contributed by atoms with Crippen LogP contribution >= 0.6 is 0 Å². The summed E-state index contributed by atoms with van der Waals surface area (Å²) in [4.78, 5) is 3.45. The van der Waals surface area contributed by atoms with Gasteiger partial charge in [0.05, 0.1) is 0 Å². The van der Waals surface area contributed by atoms with Gasteiger partial charge in [-0.1, -0.05) is 26.0 Å². The third-order valence-corrected chi connectivity index (χ3v) is 1.92. The normalized spacial score (nSPS) is 15.5. The minimum atomic E-state index is -4.37. The molecule has 0 aromatic rings. The Morgan fingerprint density at radius 3 is 1.93 bits per heavy atom. The van der Waals surface area contributed by atoms with Gasteiger partial charge in [-0.05, 0) is 25.3 Å². The van der Waals surface area contributed by atoms with Crippen molar-refractivity contribution < 1.29 is 13.2 Å². The van der Waals surface area contributed by atoms with Crippen LogP contribution in [0.1, 0.15) is 27.7 Å². The van der Waals surface area contributed by atoms with Gasteiger partial charge in [-0.15, -0.1) is 0 Å². The Labute approximate surface area is 88.4 Å². The van der Waals surface area contributed by atoms with E-state index in [0.29, 0.717) is 0 Å². The SMILES string of the molecule is CC=C(N=C/C(=C\C)C(C)C)C(F)(F)F. The van der Waals surface area contributed by atoms with Gasteiger partial charge in [-0.2, -0.15) is 13.2 Å². The first-order valence-electron chi connectivity index (χ1n) is 4.76. The molecule has 0 aliphatic rings. The van der Waals surface area contributed by atoms with Gasteiger partial charge < -0.3 is 0 Å². The van der Waals surface area contributed by atoms with Crippen molar-refractivity contribution in [3.63, 3.8) is 0 Å². The van der Waals surface area contributed by atoms with Gasteiger partial charge in [-0.3, -0.25) is 4.99 Å². The summed E-state index contributed by atoms with van der Waals surface area (Å²) in [6.45, 7) is 6.92. The number of rotatable bonds is 3. The first-order chi connectivity index (χ1) is 6.82. The van der Waals surface area contributed by atoms with Crippen LogP contribution in [-0.4, -0.2) is 12.4 Å². The second-order valence-corrected chi connectivity index (χ2v) is 3.37. The number of hydrogen-bond acceptors (Lipinski definition) is 1. The molecule has 0 rings (SSSR count). The summed E-state index contributed by atoms with van der Waals surface area (Å²) in [6, 6.07) is 0. The molecule has 0 bridgehead atoms. The summed E-state index contributed by atoms with van der Waals surface area (Å²) >= 11 is 0. The number of alkyl halides is 3. The Hall–Kier alpha value is -1.06. The monoisotopic (exact) mass is 219 g/mol. The number of nitrogens with zero attached hydrogens (tertiary/aromatic N) is 1. The molecule has 4 heteroatoms. The molecule has 0 unspecified atom stereocenters. The van der Waals surface area contributed by atoms with Crippen LogP contribution in [0.3, 0.4) is 0 Å². The van der Waals surface area contributed by atoms with E-state index in [9.17, 15) is 13.2 Å². The van der Waals surface area contributed by atoms with Crippen molar-refractivity contribution in [1.29, 1.82) is 0 Å². The van der Waals surface area contributed by atoms with Gasteiger partial charge in [0, 0.05) is 6.21 Å². The topological polar surface area (TPSA) is 12.4 Å². The second kappa shape index (κ2) is 5.73. The maximum atomic E-state index is 12.3. The standard InChI is InChI=1S/C11H16F3N/c1-5-9(8(3)4)7-15-10(6-2)11(12,13)14/h5-8H,1-4H3/b9-5+,10-6?,15-7?.